The van der Waals surface area contributed by atoms with Gasteiger partial charge in [-0.3, -0.25) is 14.9 Å². The molecule has 0 aliphatic heterocycles. The fourth-order valence-electron chi connectivity index (χ4n) is 2.71. The summed E-state index contributed by atoms with van der Waals surface area (Å²) in [5.74, 6) is -0.0303. The van der Waals surface area contributed by atoms with E-state index in [2.05, 4.69) is 15.3 Å². The Morgan fingerprint density at radius 3 is 2.79 bits per heavy atom. The van der Waals surface area contributed by atoms with Gasteiger partial charge in [-0.05, 0) is 35.9 Å². The van der Waals surface area contributed by atoms with E-state index in [4.69, 9.17) is 27.6 Å². The number of benzene rings is 1. The molecule has 0 bridgehead atoms. The van der Waals surface area contributed by atoms with Crippen molar-refractivity contribution < 1.29 is 9.21 Å². The van der Waals surface area contributed by atoms with Crippen LogP contribution in [0.25, 0.3) is 11.5 Å². The molecule has 146 valence electrons. The number of rotatable bonds is 5. The lowest BCUT2D eigenvalue weighted by Gasteiger charge is -2.04. The molecule has 0 fully saturated rings. The fraction of sp³-hybridized carbons (Fsp3) is 0.0500. The van der Waals surface area contributed by atoms with Gasteiger partial charge in [-0.1, -0.05) is 35.3 Å². The van der Waals surface area contributed by atoms with Crippen LogP contribution >= 0.6 is 34.5 Å². The zero-order valence-corrected chi connectivity index (χ0v) is 17.1. The molecule has 9 heteroatoms. The van der Waals surface area contributed by atoms with Gasteiger partial charge in [-0.15, -0.1) is 11.3 Å². The highest BCUT2D eigenvalue weighted by molar-refractivity contribution is 7.15. The molecule has 0 atom stereocenters. The average Bonchev–Trinajstić information content (AvgIpc) is 3.37. The average molecular weight is 446 g/mol. The van der Waals surface area contributed by atoms with Crippen LogP contribution in [0.1, 0.15) is 20.8 Å². The number of aromatic nitrogens is 2. The number of amides is 1. The SMILES string of the molecule is O=C(Nc1ncc(Cc2cccc(Cl)c2Cl)s1)c1ccc(-c2ccco2)[nH]c1=O. The van der Waals surface area contributed by atoms with Crippen LogP contribution in [0.2, 0.25) is 10.0 Å². The van der Waals surface area contributed by atoms with Crippen LogP contribution in [-0.2, 0) is 6.42 Å². The number of pyridine rings is 1. The summed E-state index contributed by atoms with van der Waals surface area (Å²) in [6, 6.07) is 11.9. The minimum Gasteiger partial charge on any atom is -0.463 e. The molecule has 0 saturated carbocycles. The summed E-state index contributed by atoms with van der Waals surface area (Å²) in [4.78, 5) is 32.5. The second kappa shape index (κ2) is 8.24. The number of anilines is 1. The Balaban J connectivity index is 1.48. The lowest BCUT2D eigenvalue weighted by atomic mass is 10.1. The van der Waals surface area contributed by atoms with Crippen molar-refractivity contribution >= 4 is 45.6 Å². The van der Waals surface area contributed by atoms with E-state index in [0.717, 1.165) is 10.4 Å². The molecule has 0 unspecified atom stereocenters. The Morgan fingerprint density at radius 1 is 1.17 bits per heavy atom. The summed E-state index contributed by atoms with van der Waals surface area (Å²) in [7, 11) is 0. The van der Waals surface area contributed by atoms with Crippen molar-refractivity contribution in [3.05, 3.63) is 91.3 Å². The topological polar surface area (TPSA) is 88.0 Å². The van der Waals surface area contributed by atoms with Crippen LogP contribution in [0.5, 0.6) is 0 Å². The van der Waals surface area contributed by atoms with E-state index in [1.165, 1.54) is 23.7 Å². The number of H-pyrrole nitrogens is 1. The normalized spacial score (nSPS) is 10.8. The number of thiazole rings is 1. The number of halogens is 2. The number of furan rings is 1. The summed E-state index contributed by atoms with van der Waals surface area (Å²) < 4.78 is 5.24. The first-order chi connectivity index (χ1) is 14.0. The maximum atomic E-state index is 12.5. The maximum Gasteiger partial charge on any atom is 0.263 e. The van der Waals surface area contributed by atoms with Gasteiger partial charge in [0.15, 0.2) is 5.13 Å². The van der Waals surface area contributed by atoms with Crippen LogP contribution in [0.4, 0.5) is 5.13 Å². The minimum atomic E-state index is -0.543. The molecule has 1 amide bonds. The smallest absolute Gasteiger partial charge is 0.263 e. The quantitative estimate of drug-likeness (QED) is 0.439. The standard InChI is InChI=1S/C20H13Cl2N3O3S/c21-14-4-1-3-11(17(14)22)9-12-10-23-20(29-12)25-19(27)13-6-7-15(24-18(13)26)16-5-2-8-28-16/h1-8,10H,9H2,(H,24,26)(H,23,25,27). The van der Waals surface area contributed by atoms with E-state index in [0.29, 0.717) is 33.1 Å². The highest BCUT2D eigenvalue weighted by Gasteiger charge is 2.15. The Labute approximate surface area is 179 Å². The fourth-order valence-corrected chi connectivity index (χ4v) is 3.93. The summed E-state index contributed by atoms with van der Waals surface area (Å²) in [5, 5.41) is 4.02. The van der Waals surface area contributed by atoms with E-state index in [1.807, 2.05) is 12.1 Å². The molecule has 3 aromatic heterocycles. The van der Waals surface area contributed by atoms with Gasteiger partial charge >= 0.3 is 0 Å². The third-order valence-electron chi connectivity index (χ3n) is 4.11. The Hall–Kier alpha value is -2.87. The third kappa shape index (κ3) is 4.27. The highest BCUT2D eigenvalue weighted by atomic mass is 35.5. The van der Waals surface area contributed by atoms with Crippen LogP contribution in [0.3, 0.4) is 0 Å². The van der Waals surface area contributed by atoms with Gasteiger partial charge in [0.1, 0.15) is 11.3 Å². The number of nitrogens with zero attached hydrogens (tertiary/aromatic N) is 1. The molecule has 3 heterocycles. The van der Waals surface area contributed by atoms with Crippen molar-refractivity contribution in [2.24, 2.45) is 0 Å². The molecule has 2 N–H and O–H groups in total. The van der Waals surface area contributed by atoms with Crippen molar-refractivity contribution in [3.8, 4) is 11.5 Å². The number of nitrogens with one attached hydrogen (secondary N) is 2. The molecular weight excluding hydrogens is 433 g/mol. The first kappa shape index (κ1) is 19.4. The molecule has 4 rings (SSSR count). The number of hydrogen-bond donors (Lipinski definition) is 2. The first-order valence-corrected chi connectivity index (χ1v) is 10.0. The van der Waals surface area contributed by atoms with Crippen molar-refractivity contribution in [1.82, 2.24) is 9.97 Å². The van der Waals surface area contributed by atoms with Crippen molar-refractivity contribution in [1.29, 1.82) is 0 Å². The Morgan fingerprint density at radius 2 is 2.03 bits per heavy atom. The predicted octanol–water partition coefficient (Wildman–Crippen LogP) is 5.24. The second-order valence-electron chi connectivity index (χ2n) is 6.07. The monoisotopic (exact) mass is 445 g/mol. The van der Waals surface area contributed by atoms with E-state index in [1.54, 1.807) is 30.5 Å². The van der Waals surface area contributed by atoms with Crippen molar-refractivity contribution in [2.45, 2.75) is 6.42 Å². The largest absolute Gasteiger partial charge is 0.463 e. The lowest BCUT2D eigenvalue weighted by molar-refractivity contribution is 0.102. The highest BCUT2D eigenvalue weighted by Crippen LogP contribution is 2.29. The van der Waals surface area contributed by atoms with E-state index < -0.39 is 11.5 Å². The van der Waals surface area contributed by atoms with Crippen molar-refractivity contribution in [3.63, 3.8) is 0 Å². The summed E-state index contributed by atoms with van der Waals surface area (Å²) in [6.07, 6.45) is 3.69. The van der Waals surface area contributed by atoms with Crippen LogP contribution in [0, 0.1) is 0 Å². The van der Waals surface area contributed by atoms with E-state index in [9.17, 15) is 9.59 Å². The van der Waals surface area contributed by atoms with Gasteiger partial charge in [0.05, 0.1) is 22.0 Å². The second-order valence-corrected chi connectivity index (χ2v) is 7.97. The van der Waals surface area contributed by atoms with Gasteiger partial charge in [-0.2, -0.15) is 0 Å². The van der Waals surface area contributed by atoms with Gasteiger partial charge in [0.25, 0.3) is 11.5 Å². The summed E-state index contributed by atoms with van der Waals surface area (Å²) >= 11 is 13.6. The van der Waals surface area contributed by atoms with Gasteiger partial charge in [-0.25, -0.2) is 4.98 Å². The number of hydrogen-bond acceptors (Lipinski definition) is 5. The molecule has 0 radical (unpaired) electrons. The van der Waals surface area contributed by atoms with E-state index in [-0.39, 0.29) is 5.56 Å². The molecule has 0 aliphatic carbocycles. The molecule has 29 heavy (non-hydrogen) atoms. The Bertz CT molecular complexity index is 1230. The molecule has 4 aromatic rings. The molecular formula is C20H13Cl2N3O3S. The molecule has 0 aliphatic rings. The first-order valence-electron chi connectivity index (χ1n) is 8.47. The van der Waals surface area contributed by atoms with Gasteiger partial charge in [0, 0.05) is 17.5 Å². The molecule has 1 aromatic carbocycles. The Kier molecular flexibility index (Phi) is 5.53. The zero-order valence-electron chi connectivity index (χ0n) is 14.7. The van der Waals surface area contributed by atoms with Crippen molar-refractivity contribution in [2.75, 3.05) is 5.32 Å². The van der Waals surface area contributed by atoms with Crippen LogP contribution in [0.15, 0.2) is 64.1 Å². The zero-order chi connectivity index (χ0) is 20.4. The van der Waals surface area contributed by atoms with Crippen LogP contribution in [-0.4, -0.2) is 15.9 Å². The van der Waals surface area contributed by atoms with Gasteiger partial charge in [0.2, 0.25) is 0 Å². The molecule has 0 saturated heterocycles. The number of carbonyl (C=O) groups is 1. The molecule has 0 spiro atoms. The summed E-state index contributed by atoms with van der Waals surface area (Å²) in [6.45, 7) is 0. The van der Waals surface area contributed by atoms with E-state index >= 15 is 0 Å². The predicted molar refractivity (Wildman–Crippen MR) is 114 cm³/mol. The maximum absolute atomic E-state index is 12.5. The summed E-state index contributed by atoms with van der Waals surface area (Å²) in [5.41, 5.74) is 0.825. The minimum absolute atomic E-state index is 0.0186. The van der Waals surface area contributed by atoms with Gasteiger partial charge < -0.3 is 9.40 Å². The molecule has 6 nitrogen and oxygen atoms in total. The number of aromatic amines is 1. The number of carbonyl (C=O) groups excluding carboxylic acids is 1. The lowest BCUT2D eigenvalue weighted by Crippen LogP contribution is -2.23. The van der Waals surface area contributed by atoms with Crippen LogP contribution < -0.4 is 10.9 Å². The third-order valence-corrected chi connectivity index (χ3v) is 5.88.